The van der Waals surface area contributed by atoms with Crippen molar-refractivity contribution in [3.8, 4) is 0 Å². The molecule has 0 radical (unpaired) electrons. The van der Waals surface area contributed by atoms with Gasteiger partial charge in [0.1, 0.15) is 0 Å². The van der Waals surface area contributed by atoms with Crippen LogP contribution in [0.25, 0.3) is 0 Å². The summed E-state index contributed by atoms with van der Waals surface area (Å²) in [6.45, 7) is 0.862. The molecule has 0 aromatic heterocycles. The molecule has 0 spiro atoms. The molecule has 2 aliphatic carbocycles. The summed E-state index contributed by atoms with van der Waals surface area (Å²) in [4.78, 5) is 26.6. The molecule has 3 unspecified atom stereocenters. The Bertz CT molecular complexity index is 529. The van der Waals surface area contributed by atoms with Crippen LogP contribution in [-0.4, -0.2) is 53.0 Å². The van der Waals surface area contributed by atoms with E-state index in [1.54, 1.807) is 4.90 Å². The SMILES string of the molecule is O=C(NC1CCCC(O)C1)[C@@H]1CCCN(C(=O)CC2CCCC2(F)F)C1. The highest BCUT2D eigenvalue weighted by atomic mass is 19.3. The summed E-state index contributed by atoms with van der Waals surface area (Å²) in [6, 6.07) is -0.00508. The molecule has 3 aliphatic rings. The molecule has 1 saturated heterocycles. The maximum Gasteiger partial charge on any atom is 0.251 e. The minimum Gasteiger partial charge on any atom is -0.393 e. The molecular weight excluding hydrogens is 342 g/mol. The lowest BCUT2D eigenvalue weighted by molar-refractivity contribution is -0.139. The first-order valence-corrected chi connectivity index (χ1v) is 9.99. The number of rotatable bonds is 4. The Morgan fingerprint density at radius 2 is 1.92 bits per heavy atom. The largest absolute Gasteiger partial charge is 0.393 e. The number of nitrogens with one attached hydrogen (secondary N) is 1. The van der Waals surface area contributed by atoms with E-state index >= 15 is 0 Å². The number of likely N-dealkylation sites (tertiary alicyclic amines) is 1. The first kappa shape index (κ1) is 19.5. The van der Waals surface area contributed by atoms with Gasteiger partial charge in [0.25, 0.3) is 5.92 Å². The van der Waals surface area contributed by atoms with Crippen LogP contribution in [0.3, 0.4) is 0 Å². The molecule has 0 aromatic carbocycles. The number of alkyl halides is 2. The molecule has 7 heteroatoms. The zero-order valence-electron chi connectivity index (χ0n) is 15.3. The summed E-state index contributed by atoms with van der Waals surface area (Å²) in [6.07, 6.45) is 4.85. The van der Waals surface area contributed by atoms with Crippen molar-refractivity contribution in [1.82, 2.24) is 10.2 Å². The summed E-state index contributed by atoms with van der Waals surface area (Å²) in [5.41, 5.74) is 0. The number of amides is 2. The van der Waals surface area contributed by atoms with Gasteiger partial charge in [-0.1, -0.05) is 0 Å². The van der Waals surface area contributed by atoms with E-state index in [0.717, 1.165) is 25.7 Å². The molecular formula is C19H30F2N2O3. The average molecular weight is 372 g/mol. The van der Waals surface area contributed by atoms with Crippen LogP contribution in [0.15, 0.2) is 0 Å². The molecule has 1 aliphatic heterocycles. The molecule has 3 fully saturated rings. The third-order valence-electron chi connectivity index (χ3n) is 6.22. The predicted molar refractivity (Wildman–Crippen MR) is 92.6 cm³/mol. The van der Waals surface area contributed by atoms with Crippen molar-refractivity contribution in [1.29, 1.82) is 0 Å². The second-order valence-electron chi connectivity index (χ2n) is 8.26. The zero-order valence-corrected chi connectivity index (χ0v) is 15.3. The number of hydrogen-bond donors (Lipinski definition) is 2. The standard InChI is InChI=1S/C19H30F2N2O3/c20-19(21)8-2-5-14(19)10-17(25)23-9-3-4-13(12-23)18(26)22-15-6-1-7-16(24)11-15/h13-16,24H,1-12H2,(H,22,26)/t13-,14?,15?,16?/m1/s1. The van der Waals surface area contributed by atoms with Gasteiger partial charge < -0.3 is 15.3 Å². The number of aliphatic hydroxyl groups is 1. The third-order valence-corrected chi connectivity index (χ3v) is 6.22. The fourth-order valence-electron chi connectivity index (χ4n) is 4.62. The fraction of sp³-hybridized carbons (Fsp3) is 0.895. The van der Waals surface area contributed by atoms with Gasteiger partial charge in [0.15, 0.2) is 0 Å². The normalized spacial score (nSPS) is 34.5. The van der Waals surface area contributed by atoms with Crippen molar-refractivity contribution in [2.45, 2.75) is 82.3 Å². The highest BCUT2D eigenvalue weighted by Gasteiger charge is 2.45. The van der Waals surface area contributed by atoms with E-state index in [4.69, 9.17) is 0 Å². The number of piperidine rings is 1. The van der Waals surface area contributed by atoms with E-state index in [2.05, 4.69) is 5.32 Å². The maximum absolute atomic E-state index is 13.8. The quantitative estimate of drug-likeness (QED) is 0.797. The summed E-state index contributed by atoms with van der Waals surface area (Å²) in [7, 11) is 0. The van der Waals surface area contributed by atoms with Gasteiger partial charge in [-0.3, -0.25) is 9.59 Å². The molecule has 5 nitrogen and oxygen atoms in total. The van der Waals surface area contributed by atoms with Crippen LogP contribution in [0.2, 0.25) is 0 Å². The molecule has 1 heterocycles. The van der Waals surface area contributed by atoms with Gasteiger partial charge in [-0.2, -0.15) is 0 Å². The van der Waals surface area contributed by atoms with E-state index in [1.807, 2.05) is 0 Å². The molecule has 0 aromatic rings. The Morgan fingerprint density at radius 3 is 2.62 bits per heavy atom. The van der Waals surface area contributed by atoms with E-state index in [1.165, 1.54) is 0 Å². The zero-order chi connectivity index (χ0) is 18.7. The number of carbonyl (C=O) groups is 2. The molecule has 4 atom stereocenters. The van der Waals surface area contributed by atoms with Gasteiger partial charge in [-0.05, 0) is 51.4 Å². The molecule has 2 N–H and O–H groups in total. The van der Waals surface area contributed by atoms with Crippen LogP contribution in [0.1, 0.15) is 64.2 Å². The summed E-state index contributed by atoms with van der Waals surface area (Å²) >= 11 is 0. The van der Waals surface area contributed by atoms with Crippen LogP contribution in [0, 0.1) is 11.8 Å². The van der Waals surface area contributed by atoms with Crippen molar-refractivity contribution in [2.24, 2.45) is 11.8 Å². The minimum atomic E-state index is -2.73. The number of carbonyl (C=O) groups excluding carboxylic acids is 2. The lowest BCUT2D eigenvalue weighted by Crippen LogP contribution is -2.49. The number of halogens is 2. The molecule has 2 amide bonds. The fourth-order valence-corrected chi connectivity index (χ4v) is 4.62. The number of hydrogen-bond acceptors (Lipinski definition) is 3. The molecule has 0 bridgehead atoms. The highest BCUT2D eigenvalue weighted by molar-refractivity contribution is 5.81. The lowest BCUT2D eigenvalue weighted by Gasteiger charge is -2.34. The summed E-state index contributed by atoms with van der Waals surface area (Å²) in [5.74, 6) is -4.19. The van der Waals surface area contributed by atoms with Crippen molar-refractivity contribution < 1.29 is 23.5 Å². The van der Waals surface area contributed by atoms with Crippen LogP contribution >= 0.6 is 0 Å². The van der Waals surface area contributed by atoms with Crippen molar-refractivity contribution >= 4 is 11.8 Å². The van der Waals surface area contributed by atoms with E-state index in [-0.39, 0.29) is 42.7 Å². The highest BCUT2D eigenvalue weighted by Crippen LogP contribution is 2.42. The summed E-state index contributed by atoms with van der Waals surface area (Å²) in [5, 5.41) is 12.7. The number of aliphatic hydroxyl groups excluding tert-OH is 1. The molecule has 148 valence electrons. The van der Waals surface area contributed by atoms with Crippen molar-refractivity contribution in [3.05, 3.63) is 0 Å². The summed E-state index contributed by atoms with van der Waals surface area (Å²) < 4.78 is 27.6. The average Bonchev–Trinajstić information content (AvgIpc) is 2.93. The van der Waals surface area contributed by atoms with Gasteiger partial charge in [0.2, 0.25) is 11.8 Å². The van der Waals surface area contributed by atoms with Crippen molar-refractivity contribution in [2.75, 3.05) is 13.1 Å². The molecule has 26 heavy (non-hydrogen) atoms. The second kappa shape index (κ2) is 8.19. The van der Waals surface area contributed by atoms with Crippen LogP contribution < -0.4 is 5.32 Å². The van der Waals surface area contributed by atoms with Gasteiger partial charge in [-0.25, -0.2) is 8.78 Å². The Balaban J connectivity index is 1.50. The Labute approximate surface area is 153 Å². The number of nitrogens with zero attached hydrogens (tertiary/aromatic N) is 1. The lowest BCUT2D eigenvalue weighted by atomic mass is 9.91. The first-order chi connectivity index (χ1) is 12.3. The Morgan fingerprint density at radius 1 is 1.12 bits per heavy atom. The van der Waals surface area contributed by atoms with E-state index in [0.29, 0.717) is 38.8 Å². The van der Waals surface area contributed by atoms with Gasteiger partial charge in [-0.15, -0.1) is 0 Å². The van der Waals surface area contributed by atoms with Gasteiger partial charge >= 0.3 is 0 Å². The minimum absolute atomic E-state index is 0.00508. The topological polar surface area (TPSA) is 69.6 Å². The van der Waals surface area contributed by atoms with Crippen LogP contribution in [0.5, 0.6) is 0 Å². The van der Waals surface area contributed by atoms with Gasteiger partial charge in [0, 0.05) is 37.9 Å². The second-order valence-corrected chi connectivity index (χ2v) is 8.26. The van der Waals surface area contributed by atoms with Crippen molar-refractivity contribution in [3.63, 3.8) is 0 Å². The molecule has 3 rings (SSSR count). The Hall–Kier alpha value is -1.24. The Kier molecular flexibility index (Phi) is 6.15. The van der Waals surface area contributed by atoms with E-state index < -0.39 is 11.8 Å². The third kappa shape index (κ3) is 4.72. The van der Waals surface area contributed by atoms with Gasteiger partial charge in [0.05, 0.1) is 12.0 Å². The predicted octanol–water partition coefficient (Wildman–Crippen LogP) is 2.47. The monoisotopic (exact) mass is 372 g/mol. The van der Waals surface area contributed by atoms with E-state index in [9.17, 15) is 23.5 Å². The van der Waals surface area contributed by atoms with Crippen LogP contribution in [-0.2, 0) is 9.59 Å². The maximum atomic E-state index is 13.8. The molecule has 2 saturated carbocycles. The first-order valence-electron chi connectivity index (χ1n) is 9.99. The van der Waals surface area contributed by atoms with Crippen LogP contribution in [0.4, 0.5) is 8.78 Å². The smallest absolute Gasteiger partial charge is 0.251 e.